The molecule has 6 nitrogen and oxygen atoms in total. The summed E-state index contributed by atoms with van der Waals surface area (Å²) in [6.07, 6.45) is 0.877. The van der Waals surface area contributed by atoms with Gasteiger partial charge in [0.1, 0.15) is 17.5 Å². The molecule has 1 aliphatic rings. The fourth-order valence-corrected chi connectivity index (χ4v) is 5.35. The van der Waals surface area contributed by atoms with Crippen molar-refractivity contribution in [2.24, 2.45) is 0 Å². The number of aryl methyl sites for hydroxylation is 2. The summed E-state index contributed by atoms with van der Waals surface area (Å²) in [5.74, 6) is 1.15. The van der Waals surface area contributed by atoms with Crippen LogP contribution in [0.25, 0.3) is 0 Å². The minimum absolute atomic E-state index is 0.162. The molecule has 1 saturated heterocycles. The molecular weight excluding hydrogens is 415 g/mol. The molecule has 29 heavy (non-hydrogen) atoms. The van der Waals surface area contributed by atoms with E-state index in [1.54, 1.807) is 16.4 Å². The molecule has 0 bridgehead atoms. The molecule has 1 aromatic heterocycles. The van der Waals surface area contributed by atoms with Crippen molar-refractivity contribution in [1.82, 2.24) is 14.3 Å². The van der Waals surface area contributed by atoms with Crippen molar-refractivity contribution in [2.75, 3.05) is 36.8 Å². The van der Waals surface area contributed by atoms with Crippen LogP contribution in [-0.4, -0.2) is 54.6 Å². The van der Waals surface area contributed by atoms with Crippen molar-refractivity contribution in [3.63, 3.8) is 0 Å². The maximum Gasteiger partial charge on any atom is 0.214 e. The molecule has 0 unspecified atom stereocenters. The average Bonchev–Trinajstić information content (AvgIpc) is 2.66. The van der Waals surface area contributed by atoms with Gasteiger partial charge in [-0.05, 0) is 32.4 Å². The zero-order valence-electron chi connectivity index (χ0n) is 17.0. The fraction of sp³-hybridized carbons (Fsp3) is 0.500. The van der Waals surface area contributed by atoms with Gasteiger partial charge in [0.25, 0.3) is 0 Å². The van der Waals surface area contributed by atoms with E-state index in [-0.39, 0.29) is 18.0 Å². The van der Waals surface area contributed by atoms with E-state index < -0.39 is 10.0 Å². The Hall–Kier alpha value is -1.77. The number of anilines is 1. The Labute approximate surface area is 176 Å². The Morgan fingerprint density at radius 2 is 1.79 bits per heavy atom. The van der Waals surface area contributed by atoms with Gasteiger partial charge in [-0.1, -0.05) is 24.6 Å². The van der Waals surface area contributed by atoms with Crippen molar-refractivity contribution in [2.45, 2.75) is 33.6 Å². The molecule has 2 heterocycles. The number of rotatable bonds is 6. The number of piperazine rings is 1. The van der Waals surface area contributed by atoms with E-state index in [9.17, 15) is 12.8 Å². The van der Waals surface area contributed by atoms with Crippen LogP contribution in [-0.2, 0) is 16.4 Å². The molecular formula is C20H26ClFN4O2S. The predicted octanol–water partition coefficient (Wildman–Crippen LogP) is 3.34. The maximum absolute atomic E-state index is 14.4. The number of hydrogen-bond acceptors (Lipinski definition) is 5. The molecule has 0 amide bonds. The Morgan fingerprint density at radius 1 is 1.10 bits per heavy atom. The SMILES string of the molecule is CCCS(=O)(=O)N1CCN(c2nc(C)nc(C)c2Cc2c(F)cccc2Cl)CC1. The largest absolute Gasteiger partial charge is 0.354 e. The van der Waals surface area contributed by atoms with Gasteiger partial charge in [-0.2, -0.15) is 4.31 Å². The number of aromatic nitrogens is 2. The van der Waals surface area contributed by atoms with E-state index in [4.69, 9.17) is 11.6 Å². The lowest BCUT2D eigenvalue weighted by Crippen LogP contribution is -2.49. The predicted molar refractivity (Wildman–Crippen MR) is 114 cm³/mol. The summed E-state index contributed by atoms with van der Waals surface area (Å²) in [4.78, 5) is 11.1. The van der Waals surface area contributed by atoms with E-state index in [2.05, 4.69) is 14.9 Å². The topological polar surface area (TPSA) is 66.4 Å². The van der Waals surface area contributed by atoms with E-state index in [1.807, 2.05) is 20.8 Å². The average molecular weight is 441 g/mol. The molecule has 1 aromatic carbocycles. The second-order valence-corrected chi connectivity index (χ2v) is 9.73. The van der Waals surface area contributed by atoms with Crippen LogP contribution < -0.4 is 4.90 Å². The zero-order chi connectivity index (χ0) is 21.2. The lowest BCUT2D eigenvalue weighted by molar-refractivity contribution is 0.383. The van der Waals surface area contributed by atoms with Crippen molar-refractivity contribution < 1.29 is 12.8 Å². The van der Waals surface area contributed by atoms with Crippen molar-refractivity contribution >= 4 is 27.4 Å². The molecule has 0 spiro atoms. The quantitative estimate of drug-likeness (QED) is 0.689. The lowest BCUT2D eigenvalue weighted by Gasteiger charge is -2.36. The summed E-state index contributed by atoms with van der Waals surface area (Å²) in [6, 6.07) is 4.64. The number of nitrogens with zero attached hydrogens (tertiary/aromatic N) is 4. The van der Waals surface area contributed by atoms with Gasteiger partial charge in [0.15, 0.2) is 0 Å². The standard InChI is InChI=1S/C20H26ClFN4O2S/c1-4-12-29(27,28)26-10-8-25(9-11-26)20-16(14(2)23-15(3)24-20)13-17-18(21)6-5-7-19(17)22/h5-7H,4,8-13H2,1-3H3. The molecule has 158 valence electrons. The first-order chi connectivity index (χ1) is 13.7. The van der Waals surface area contributed by atoms with Crippen LogP contribution in [0.4, 0.5) is 10.2 Å². The summed E-state index contributed by atoms with van der Waals surface area (Å²) < 4.78 is 40.6. The number of benzene rings is 1. The van der Waals surface area contributed by atoms with Gasteiger partial charge in [0.05, 0.1) is 5.75 Å². The van der Waals surface area contributed by atoms with Crippen LogP contribution in [0, 0.1) is 19.7 Å². The minimum atomic E-state index is -3.22. The third-order valence-electron chi connectivity index (χ3n) is 5.11. The number of hydrogen-bond donors (Lipinski definition) is 0. The van der Waals surface area contributed by atoms with Crippen LogP contribution >= 0.6 is 11.6 Å². The highest BCUT2D eigenvalue weighted by Gasteiger charge is 2.28. The highest BCUT2D eigenvalue weighted by Crippen LogP contribution is 2.29. The van der Waals surface area contributed by atoms with Gasteiger partial charge in [0.2, 0.25) is 10.0 Å². The highest BCUT2D eigenvalue weighted by atomic mass is 35.5. The first-order valence-corrected chi connectivity index (χ1v) is 11.7. The third kappa shape index (κ3) is 4.87. The Bertz CT molecular complexity index is 972. The summed E-state index contributed by atoms with van der Waals surface area (Å²) in [5, 5.41) is 0.367. The summed E-state index contributed by atoms with van der Waals surface area (Å²) >= 11 is 6.23. The van der Waals surface area contributed by atoms with Crippen molar-refractivity contribution in [3.8, 4) is 0 Å². The molecule has 1 fully saturated rings. The fourth-order valence-electron chi connectivity index (χ4n) is 3.63. The smallest absolute Gasteiger partial charge is 0.214 e. The van der Waals surface area contributed by atoms with Gasteiger partial charge in [0, 0.05) is 54.4 Å². The van der Waals surface area contributed by atoms with Crippen LogP contribution in [0.1, 0.15) is 36.0 Å². The number of halogens is 2. The van der Waals surface area contributed by atoms with Gasteiger partial charge in [-0.3, -0.25) is 0 Å². The second kappa shape index (κ2) is 8.93. The van der Waals surface area contributed by atoms with Crippen molar-refractivity contribution in [1.29, 1.82) is 0 Å². The third-order valence-corrected chi connectivity index (χ3v) is 7.54. The molecule has 2 aromatic rings. The lowest BCUT2D eigenvalue weighted by atomic mass is 10.0. The zero-order valence-corrected chi connectivity index (χ0v) is 18.5. The maximum atomic E-state index is 14.4. The molecule has 0 atom stereocenters. The van der Waals surface area contributed by atoms with Crippen LogP contribution in [0.15, 0.2) is 18.2 Å². The molecule has 1 aliphatic heterocycles. The first-order valence-electron chi connectivity index (χ1n) is 9.72. The summed E-state index contributed by atoms with van der Waals surface area (Å²) in [7, 11) is -3.22. The van der Waals surface area contributed by atoms with Crippen LogP contribution in [0.3, 0.4) is 0 Å². The monoisotopic (exact) mass is 440 g/mol. The van der Waals surface area contributed by atoms with E-state index >= 15 is 0 Å². The molecule has 0 aliphatic carbocycles. The number of sulfonamides is 1. The van der Waals surface area contributed by atoms with Gasteiger partial charge in [-0.15, -0.1) is 0 Å². The Morgan fingerprint density at radius 3 is 2.41 bits per heavy atom. The highest BCUT2D eigenvalue weighted by molar-refractivity contribution is 7.89. The molecule has 0 saturated carbocycles. The molecule has 0 radical (unpaired) electrons. The molecule has 9 heteroatoms. The Balaban J connectivity index is 1.89. The van der Waals surface area contributed by atoms with Crippen LogP contribution in [0.5, 0.6) is 0 Å². The molecule has 3 rings (SSSR count). The van der Waals surface area contributed by atoms with Gasteiger partial charge >= 0.3 is 0 Å². The normalized spacial score (nSPS) is 15.7. The van der Waals surface area contributed by atoms with Crippen LogP contribution in [0.2, 0.25) is 5.02 Å². The van der Waals surface area contributed by atoms with E-state index in [0.29, 0.717) is 49.0 Å². The first kappa shape index (κ1) is 21.9. The molecule has 0 N–H and O–H groups in total. The van der Waals surface area contributed by atoms with E-state index in [0.717, 1.165) is 17.1 Å². The van der Waals surface area contributed by atoms with Gasteiger partial charge in [-0.25, -0.2) is 22.8 Å². The summed E-state index contributed by atoms with van der Waals surface area (Å²) in [6.45, 7) is 7.42. The summed E-state index contributed by atoms with van der Waals surface area (Å²) in [5.41, 5.74) is 2.00. The Kier molecular flexibility index (Phi) is 6.76. The van der Waals surface area contributed by atoms with Gasteiger partial charge < -0.3 is 4.90 Å². The van der Waals surface area contributed by atoms with Crippen molar-refractivity contribution in [3.05, 3.63) is 51.7 Å². The second-order valence-electron chi connectivity index (χ2n) is 7.24. The minimum Gasteiger partial charge on any atom is -0.354 e. The van der Waals surface area contributed by atoms with E-state index in [1.165, 1.54) is 6.07 Å².